The van der Waals surface area contributed by atoms with Crippen molar-refractivity contribution in [3.05, 3.63) is 66.3 Å². The number of hydrogen-bond donors (Lipinski definition) is 1. The fourth-order valence-corrected chi connectivity index (χ4v) is 2.03. The normalized spacial score (nSPS) is 12.2. The fourth-order valence-electron chi connectivity index (χ4n) is 2.03. The molecule has 0 aliphatic rings. The van der Waals surface area contributed by atoms with Crippen LogP contribution in [0.5, 0.6) is 0 Å². The maximum atomic E-state index is 5.66. The molecule has 0 bridgehead atoms. The van der Waals surface area contributed by atoms with Crippen molar-refractivity contribution in [1.29, 1.82) is 0 Å². The molecule has 3 aromatic rings. The Hall–Kier alpha value is -2.53. The van der Waals surface area contributed by atoms with Gasteiger partial charge in [0.25, 0.3) is 0 Å². The molecule has 106 valence electrons. The van der Waals surface area contributed by atoms with E-state index in [1.165, 1.54) is 5.56 Å². The van der Waals surface area contributed by atoms with Crippen molar-refractivity contribution in [2.75, 3.05) is 0 Å². The van der Waals surface area contributed by atoms with Crippen LogP contribution in [0.1, 0.15) is 24.4 Å². The number of nitrogens with zero attached hydrogens (tertiary/aromatic N) is 3. The van der Waals surface area contributed by atoms with E-state index < -0.39 is 0 Å². The lowest BCUT2D eigenvalue weighted by Gasteiger charge is -2.11. The number of aromatic nitrogens is 3. The van der Waals surface area contributed by atoms with Gasteiger partial charge in [-0.25, -0.2) is 0 Å². The summed E-state index contributed by atoms with van der Waals surface area (Å²) < 4.78 is 5.66. The van der Waals surface area contributed by atoms with Crippen molar-refractivity contribution in [3.8, 4) is 11.5 Å². The minimum Gasteiger partial charge on any atom is -0.419 e. The van der Waals surface area contributed by atoms with Gasteiger partial charge in [0.1, 0.15) is 0 Å². The van der Waals surface area contributed by atoms with Gasteiger partial charge in [0, 0.05) is 24.0 Å². The topological polar surface area (TPSA) is 63.8 Å². The number of benzene rings is 1. The Kier molecular flexibility index (Phi) is 4.02. The molecule has 1 N–H and O–H groups in total. The predicted octanol–water partition coefficient (Wildman–Crippen LogP) is 2.98. The zero-order valence-corrected chi connectivity index (χ0v) is 11.7. The summed E-state index contributed by atoms with van der Waals surface area (Å²) in [6, 6.07) is 13.9. The molecule has 0 spiro atoms. The first-order chi connectivity index (χ1) is 10.3. The number of rotatable bonds is 5. The summed E-state index contributed by atoms with van der Waals surface area (Å²) in [6.45, 7) is 2.62. The van der Waals surface area contributed by atoms with Gasteiger partial charge in [-0.15, -0.1) is 10.2 Å². The van der Waals surface area contributed by atoms with Gasteiger partial charge in [-0.1, -0.05) is 18.2 Å². The second-order valence-electron chi connectivity index (χ2n) is 4.75. The average molecular weight is 280 g/mol. The van der Waals surface area contributed by atoms with E-state index in [9.17, 15) is 0 Å². The Labute approximate surface area is 123 Å². The van der Waals surface area contributed by atoms with Crippen LogP contribution in [0.4, 0.5) is 0 Å². The molecule has 21 heavy (non-hydrogen) atoms. The minimum atomic E-state index is 0.195. The SMILES string of the molecule is CC(NCc1nnc(-c2ccccc2)o1)c1ccncc1. The molecule has 2 heterocycles. The van der Waals surface area contributed by atoms with Crippen LogP contribution < -0.4 is 5.32 Å². The van der Waals surface area contributed by atoms with Crippen LogP contribution in [0, 0.1) is 0 Å². The van der Waals surface area contributed by atoms with E-state index >= 15 is 0 Å². The highest BCUT2D eigenvalue weighted by atomic mass is 16.4. The van der Waals surface area contributed by atoms with Crippen LogP contribution in [0.15, 0.2) is 59.3 Å². The zero-order valence-electron chi connectivity index (χ0n) is 11.7. The van der Waals surface area contributed by atoms with Crippen molar-refractivity contribution in [2.45, 2.75) is 19.5 Å². The lowest BCUT2D eigenvalue weighted by molar-refractivity contribution is 0.454. The molecule has 0 saturated carbocycles. The van der Waals surface area contributed by atoms with Crippen LogP contribution in [-0.4, -0.2) is 15.2 Å². The highest BCUT2D eigenvalue weighted by molar-refractivity contribution is 5.51. The van der Waals surface area contributed by atoms with Crippen molar-refractivity contribution >= 4 is 0 Å². The van der Waals surface area contributed by atoms with Crippen LogP contribution in [0.25, 0.3) is 11.5 Å². The first kappa shape index (κ1) is 13.5. The second-order valence-corrected chi connectivity index (χ2v) is 4.75. The van der Waals surface area contributed by atoms with E-state index in [0.717, 1.165) is 5.56 Å². The number of nitrogens with one attached hydrogen (secondary N) is 1. The highest BCUT2D eigenvalue weighted by Gasteiger charge is 2.10. The van der Waals surface area contributed by atoms with E-state index in [1.54, 1.807) is 12.4 Å². The Morgan fingerprint density at radius 3 is 2.57 bits per heavy atom. The molecule has 1 atom stereocenters. The lowest BCUT2D eigenvalue weighted by atomic mass is 10.1. The molecular weight excluding hydrogens is 264 g/mol. The first-order valence-electron chi connectivity index (χ1n) is 6.84. The smallest absolute Gasteiger partial charge is 0.247 e. The molecule has 3 rings (SSSR count). The largest absolute Gasteiger partial charge is 0.419 e. The molecule has 2 aromatic heterocycles. The zero-order chi connectivity index (χ0) is 14.5. The summed E-state index contributed by atoms with van der Waals surface area (Å²) in [5, 5.41) is 11.5. The molecule has 0 aliphatic carbocycles. The van der Waals surface area contributed by atoms with Gasteiger partial charge in [0.15, 0.2) is 0 Å². The summed E-state index contributed by atoms with van der Waals surface area (Å²) in [5.41, 5.74) is 2.10. The number of pyridine rings is 1. The average Bonchev–Trinajstić information content (AvgIpc) is 3.03. The van der Waals surface area contributed by atoms with Crippen LogP contribution in [-0.2, 0) is 6.54 Å². The van der Waals surface area contributed by atoms with Crippen LogP contribution in [0.3, 0.4) is 0 Å². The molecule has 0 fully saturated rings. The summed E-state index contributed by atoms with van der Waals surface area (Å²) in [4.78, 5) is 4.01. The number of hydrogen-bond acceptors (Lipinski definition) is 5. The molecule has 1 unspecified atom stereocenters. The molecule has 0 aliphatic heterocycles. The monoisotopic (exact) mass is 280 g/mol. The van der Waals surface area contributed by atoms with Crippen molar-refractivity contribution in [2.24, 2.45) is 0 Å². The van der Waals surface area contributed by atoms with Crippen molar-refractivity contribution in [1.82, 2.24) is 20.5 Å². The molecule has 0 radical (unpaired) electrons. The summed E-state index contributed by atoms with van der Waals surface area (Å²) in [5.74, 6) is 1.12. The van der Waals surface area contributed by atoms with Gasteiger partial charge < -0.3 is 9.73 Å². The third-order valence-corrected chi connectivity index (χ3v) is 3.25. The molecule has 1 aromatic carbocycles. The maximum Gasteiger partial charge on any atom is 0.247 e. The van der Waals surface area contributed by atoms with Gasteiger partial charge in [-0.2, -0.15) is 0 Å². The minimum absolute atomic E-state index is 0.195. The first-order valence-corrected chi connectivity index (χ1v) is 6.84. The van der Waals surface area contributed by atoms with E-state index in [-0.39, 0.29) is 6.04 Å². The van der Waals surface area contributed by atoms with E-state index in [1.807, 2.05) is 42.5 Å². The Balaban J connectivity index is 1.63. The molecule has 5 heteroatoms. The fraction of sp³-hybridized carbons (Fsp3) is 0.188. The standard InChI is InChI=1S/C16H16N4O/c1-12(13-7-9-17-10-8-13)18-11-15-19-20-16(21-15)14-5-3-2-4-6-14/h2-10,12,18H,11H2,1H3. The third kappa shape index (κ3) is 3.32. The van der Waals surface area contributed by atoms with Gasteiger partial charge in [0.05, 0.1) is 6.54 Å². The van der Waals surface area contributed by atoms with Gasteiger partial charge in [-0.3, -0.25) is 4.98 Å². The predicted molar refractivity (Wildman–Crippen MR) is 79.2 cm³/mol. The molecule has 0 saturated heterocycles. The molecular formula is C16H16N4O. The van der Waals surface area contributed by atoms with E-state index in [4.69, 9.17) is 4.42 Å². The van der Waals surface area contributed by atoms with Crippen LogP contribution >= 0.6 is 0 Å². The van der Waals surface area contributed by atoms with Gasteiger partial charge in [0.2, 0.25) is 11.8 Å². The summed E-state index contributed by atoms with van der Waals surface area (Å²) in [6.07, 6.45) is 3.57. The molecule has 0 amide bonds. The van der Waals surface area contributed by atoms with Gasteiger partial charge in [-0.05, 0) is 36.8 Å². The van der Waals surface area contributed by atoms with Crippen LogP contribution in [0.2, 0.25) is 0 Å². The summed E-state index contributed by atoms with van der Waals surface area (Å²) in [7, 11) is 0. The molecule has 5 nitrogen and oxygen atoms in total. The maximum absolute atomic E-state index is 5.66. The second kappa shape index (κ2) is 6.28. The lowest BCUT2D eigenvalue weighted by Crippen LogP contribution is -2.18. The van der Waals surface area contributed by atoms with Crippen molar-refractivity contribution < 1.29 is 4.42 Å². The quantitative estimate of drug-likeness (QED) is 0.778. The Morgan fingerprint density at radius 2 is 1.81 bits per heavy atom. The van der Waals surface area contributed by atoms with E-state index in [0.29, 0.717) is 18.3 Å². The van der Waals surface area contributed by atoms with Crippen molar-refractivity contribution in [3.63, 3.8) is 0 Å². The highest BCUT2D eigenvalue weighted by Crippen LogP contribution is 2.17. The Bertz CT molecular complexity index is 682. The van der Waals surface area contributed by atoms with E-state index in [2.05, 4.69) is 27.4 Å². The Morgan fingerprint density at radius 1 is 1.05 bits per heavy atom. The third-order valence-electron chi connectivity index (χ3n) is 3.25. The van der Waals surface area contributed by atoms with Gasteiger partial charge >= 0.3 is 0 Å². The summed E-state index contributed by atoms with van der Waals surface area (Å²) >= 11 is 0.